The van der Waals surface area contributed by atoms with Crippen molar-refractivity contribution in [2.75, 3.05) is 38.1 Å². The fraction of sp³-hybridized carbons (Fsp3) is 0.312. The molecule has 0 bridgehead atoms. The van der Waals surface area contributed by atoms with Crippen LogP contribution in [0.1, 0.15) is 5.56 Å². The summed E-state index contributed by atoms with van der Waals surface area (Å²) in [6, 6.07) is 11.7. The first-order chi connectivity index (χ1) is 10.3. The van der Waals surface area contributed by atoms with Crippen LogP contribution in [0.5, 0.6) is 0 Å². The van der Waals surface area contributed by atoms with Crippen LogP contribution < -0.4 is 4.90 Å². The van der Waals surface area contributed by atoms with Crippen molar-refractivity contribution >= 4 is 5.82 Å². The number of piperazine rings is 1. The highest BCUT2D eigenvalue weighted by Gasteiger charge is 2.16. The van der Waals surface area contributed by atoms with Crippen LogP contribution in [-0.2, 0) is 0 Å². The van der Waals surface area contributed by atoms with Gasteiger partial charge >= 0.3 is 0 Å². The first-order valence-corrected chi connectivity index (χ1v) is 7.02. The maximum atomic E-state index is 9.00. The van der Waals surface area contributed by atoms with E-state index >= 15 is 0 Å². The number of benzene rings is 1. The van der Waals surface area contributed by atoms with Gasteiger partial charge in [-0.1, -0.05) is 12.1 Å². The number of hydrogen-bond acceptors (Lipinski definition) is 5. The Kier molecular flexibility index (Phi) is 3.80. The van der Waals surface area contributed by atoms with E-state index in [-0.39, 0.29) is 0 Å². The second-order valence-electron chi connectivity index (χ2n) is 5.24. The first kappa shape index (κ1) is 13.5. The van der Waals surface area contributed by atoms with Gasteiger partial charge in [0.1, 0.15) is 12.1 Å². The normalized spacial score (nSPS) is 15.7. The Morgan fingerprint density at radius 3 is 2.67 bits per heavy atom. The lowest BCUT2D eigenvalue weighted by molar-refractivity contribution is 0.312. The molecule has 1 aromatic carbocycles. The average molecular weight is 279 g/mol. The van der Waals surface area contributed by atoms with E-state index in [1.54, 1.807) is 12.4 Å². The van der Waals surface area contributed by atoms with Crippen molar-refractivity contribution in [1.82, 2.24) is 14.9 Å². The van der Waals surface area contributed by atoms with Gasteiger partial charge in [-0.05, 0) is 19.2 Å². The summed E-state index contributed by atoms with van der Waals surface area (Å²) in [4.78, 5) is 13.3. The molecule has 0 atom stereocenters. The molecule has 0 N–H and O–H groups in total. The van der Waals surface area contributed by atoms with E-state index in [4.69, 9.17) is 5.26 Å². The molecule has 106 valence electrons. The number of anilines is 1. The van der Waals surface area contributed by atoms with Crippen LogP contribution in [0.4, 0.5) is 5.82 Å². The number of hydrogen-bond donors (Lipinski definition) is 0. The molecule has 5 heteroatoms. The van der Waals surface area contributed by atoms with Gasteiger partial charge in [-0.15, -0.1) is 0 Å². The minimum atomic E-state index is 0.646. The monoisotopic (exact) mass is 279 g/mol. The summed E-state index contributed by atoms with van der Waals surface area (Å²) in [5.74, 6) is 0.954. The number of likely N-dealkylation sites (N-methyl/N-ethyl adjacent to an activating group) is 1. The molecule has 0 spiro atoms. The molecular formula is C16H17N5. The van der Waals surface area contributed by atoms with Crippen molar-refractivity contribution in [1.29, 1.82) is 5.26 Å². The van der Waals surface area contributed by atoms with Crippen molar-refractivity contribution in [2.24, 2.45) is 0 Å². The summed E-state index contributed by atoms with van der Waals surface area (Å²) in [5.41, 5.74) is 2.45. The standard InChI is InChI=1S/C16H17N5/c1-20-5-7-21(8-6-20)16-10-15(18-12-19-16)14-4-2-3-13(9-14)11-17/h2-4,9-10,12H,5-8H2,1H3. The Hall–Kier alpha value is -2.45. The van der Waals surface area contributed by atoms with Gasteiger partial charge in [-0.25, -0.2) is 9.97 Å². The third kappa shape index (κ3) is 3.01. The molecule has 5 nitrogen and oxygen atoms in total. The maximum absolute atomic E-state index is 9.00. The second kappa shape index (κ2) is 5.90. The van der Waals surface area contributed by atoms with E-state index in [0.29, 0.717) is 5.56 Å². The fourth-order valence-corrected chi connectivity index (χ4v) is 2.46. The lowest BCUT2D eigenvalue weighted by Gasteiger charge is -2.33. The van der Waals surface area contributed by atoms with Gasteiger partial charge in [-0.3, -0.25) is 0 Å². The summed E-state index contributed by atoms with van der Waals surface area (Å²) < 4.78 is 0. The van der Waals surface area contributed by atoms with E-state index in [0.717, 1.165) is 43.3 Å². The number of nitrogens with zero attached hydrogens (tertiary/aromatic N) is 5. The molecule has 0 unspecified atom stereocenters. The van der Waals surface area contributed by atoms with Crippen molar-refractivity contribution in [3.63, 3.8) is 0 Å². The predicted molar refractivity (Wildman–Crippen MR) is 81.9 cm³/mol. The molecule has 1 aromatic heterocycles. The molecule has 2 heterocycles. The third-order valence-electron chi connectivity index (χ3n) is 3.77. The predicted octanol–water partition coefficient (Wildman–Crippen LogP) is 1.77. The second-order valence-corrected chi connectivity index (χ2v) is 5.24. The molecule has 1 fully saturated rings. The smallest absolute Gasteiger partial charge is 0.132 e. The molecule has 2 aromatic rings. The highest BCUT2D eigenvalue weighted by molar-refractivity contribution is 5.64. The van der Waals surface area contributed by atoms with E-state index in [2.05, 4.69) is 32.9 Å². The molecule has 0 aliphatic carbocycles. The van der Waals surface area contributed by atoms with E-state index < -0.39 is 0 Å². The van der Waals surface area contributed by atoms with Gasteiger partial charge in [0.15, 0.2) is 0 Å². The Morgan fingerprint density at radius 2 is 1.90 bits per heavy atom. The van der Waals surface area contributed by atoms with Crippen molar-refractivity contribution < 1.29 is 0 Å². The summed E-state index contributed by atoms with van der Waals surface area (Å²) in [7, 11) is 2.14. The molecule has 0 radical (unpaired) electrons. The maximum Gasteiger partial charge on any atom is 0.132 e. The Bertz CT molecular complexity index is 668. The molecule has 0 saturated carbocycles. The Labute approximate surface area is 124 Å². The largest absolute Gasteiger partial charge is 0.354 e. The summed E-state index contributed by atoms with van der Waals surface area (Å²) >= 11 is 0. The van der Waals surface area contributed by atoms with Gasteiger partial charge in [0.25, 0.3) is 0 Å². The molecule has 21 heavy (non-hydrogen) atoms. The van der Waals surface area contributed by atoms with Crippen LogP contribution in [0.25, 0.3) is 11.3 Å². The Morgan fingerprint density at radius 1 is 1.10 bits per heavy atom. The van der Waals surface area contributed by atoms with Gasteiger partial charge in [0, 0.05) is 37.8 Å². The SMILES string of the molecule is CN1CCN(c2cc(-c3cccc(C#N)c3)ncn2)CC1. The first-order valence-electron chi connectivity index (χ1n) is 7.02. The summed E-state index contributed by atoms with van der Waals surface area (Å²) in [5, 5.41) is 9.00. The van der Waals surface area contributed by atoms with Crippen molar-refractivity contribution in [2.45, 2.75) is 0 Å². The molecule has 3 rings (SSSR count). The summed E-state index contributed by atoms with van der Waals surface area (Å²) in [6.07, 6.45) is 1.60. The molecule has 1 aliphatic rings. The van der Waals surface area contributed by atoms with Gasteiger partial charge in [-0.2, -0.15) is 5.26 Å². The lowest BCUT2D eigenvalue weighted by Crippen LogP contribution is -2.44. The van der Waals surface area contributed by atoms with Crippen LogP contribution in [0.3, 0.4) is 0 Å². The van der Waals surface area contributed by atoms with Crippen LogP contribution in [-0.4, -0.2) is 48.1 Å². The Balaban J connectivity index is 1.88. The van der Waals surface area contributed by atoms with Crippen LogP contribution in [0.15, 0.2) is 36.7 Å². The highest BCUT2D eigenvalue weighted by Crippen LogP contribution is 2.22. The number of nitriles is 1. The molecule has 0 amide bonds. The molecule has 1 aliphatic heterocycles. The molecular weight excluding hydrogens is 262 g/mol. The van der Waals surface area contributed by atoms with E-state index in [1.807, 2.05) is 24.3 Å². The zero-order valence-electron chi connectivity index (χ0n) is 12.0. The molecule has 1 saturated heterocycles. The lowest BCUT2D eigenvalue weighted by atomic mass is 10.1. The highest BCUT2D eigenvalue weighted by atomic mass is 15.3. The van der Waals surface area contributed by atoms with Crippen molar-refractivity contribution in [3.05, 3.63) is 42.2 Å². The van der Waals surface area contributed by atoms with Crippen LogP contribution in [0.2, 0.25) is 0 Å². The minimum absolute atomic E-state index is 0.646. The van der Waals surface area contributed by atoms with E-state index in [1.165, 1.54) is 0 Å². The quantitative estimate of drug-likeness (QED) is 0.838. The van der Waals surface area contributed by atoms with E-state index in [9.17, 15) is 0 Å². The zero-order valence-corrected chi connectivity index (χ0v) is 12.0. The van der Waals surface area contributed by atoms with Gasteiger partial charge in [0.2, 0.25) is 0 Å². The summed E-state index contributed by atoms with van der Waals surface area (Å²) in [6.45, 7) is 4.04. The topological polar surface area (TPSA) is 56.0 Å². The zero-order chi connectivity index (χ0) is 14.7. The van der Waals surface area contributed by atoms with Crippen LogP contribution in [0, 0.1) is 11.3 Å². The van der Waals surface area contributed by atoms with Crippen LogP contribution >= 0.6 is 0 Å². The number of rotatable bonds is 2. The number of aromatic nitrogens is 2. The third-order valence-corrected chi connectivity index (χ3v) is 3.77. The van der Waals surface area contributed by atoms with Gasteiger partial charge in [0.05, 0.1) is 17.3 Å². The van der Waals surface area contributed by atoms with Gasteiger partial charge < -0.3 is 9.80 Å². The fourth-order valence-electron chi connectivity index (χ4n) is 2.46. The van der Waals surface area contributed by atoms with Crippen molar-refractivity contribution in [3.8, 4) is 17.3 Å². The average Bonchev–Trinajstić information content (AvgIpc) is 2.56. The minimum Gasteiger partial charge on any atom is -0.354 e.